The highest BCUT2D eigenvalue weighted by atomic mass is 35.5. The summed E-state index contributed by atoms with van der Waals surface area (Å²) in [6.45, 7) is 6.14. The van der Waals surface area contributed by atoms with E-state index in [4.69, 9.17) is 23.2 Å². The number of benzene rings is 1. The molecule has 0 aromatic heterocycles. The number of hydrogen-bond donors (Lipinski definition) is 2. The molecule has 0 heterocycles. The average Bonchev–Trinajstić information content (AvgIpc) is 2.44. The molecular weight excluding hydrogens is 359 g/mol. The lowest BCUT2D eigenvalue weighted by molar-refractivity contribution is 0.0953. The summed E-state index contributed by atoms with van der Waals surface area (Å²) in [5.41, 5.74) is 0.0908. The Labute approximate surface area is 147 Å². The summed E-state index contributed by atoms with van der Waals surface area (Å²) in [5.74, 6) is -0.424. The van der Waals surface area contributed by atoms with Crippen molar-refractivity contribution in [2.75, 3.05) is 6.54 Å². The topological polar surface area (TPSA) is 75.3 Å². The fourth-order valence-electron chi connectivity index (χ4n) is 2.06. The molecular formula is C15H22Cl2N2O3S. The molecule has 2 N–H and O–H groups in total. The first-order valence-corrected chi connectivity index (χ1v) is 9.76. The van der Waals surface area contributed by atoms with E-state index in [1.807, 2.05) is 13.8 Å². The number of carbonyl (C=O) groups excluding carboxylic acids is 1. The van der Waals surface area contributed by atoms with Gasteiger partial charge in [-0.05, 0) is 31.9 Å². The summed E-state index contributed by atoms with van der Waals surface area (Å²) in [6.07, 6.45) is 2.31. The van der Waals surface area contributed by atoms with Gasteiger partial charge in [0.25, 0.3) is 5.91 Å². The molecule has 130 valence electrons. The third kappa shape index (κ3) is 5.64. The fourth-order valence-corrected chi connectivity index (χ4v) is 4.20. The van der Waals surface area contributed by atoms with Gasteiger partial charge in [-0.2, -0.15) is 0 Å². The zero-order chi connectivity index (χ0) is 17.6. The zero-order valence-electron chi connectivity index (χ0n) is 13.4. The van der Waals surface area contributed by atoms with Crippen molar-refractivity contribution < 1.29 is 13.2 Å². The van der Waals surface area contributed by atoms with E-state index in [-0.39, 0.29) is 26.5 Å². The fraction of sp³-hybridized carbons (Fsp3) is 0.533. The summed E-state index contributed by atoms with van der Waals surface area (Å²) in [5, 5.41) is 2.77. The summed E-state index contributed by atoms with van der Waals surface area (Å²) in [4.78, 5) is 11.9. The lowest BCUT2D eigenvalue weighted by Gasteiger charge is -2.15. The van der Waals surface area contributed by atoms with Crippen molar-refractivity contribution in [1.82, 2.24) is 10.0 Å². The maximum Gasteiger partial charge on any atom is 0.252 e. The SMILES string of the molecule is CCCNC(=O)c1cc(S(=O)(=O)N[C@@H](C)CCC)c(Cl)cc1Cl. The van der Waals surface area contributed by atoms with Gasteiger partial charge < -0.3 is 5.32 Å². The minimum atomic E-state index is -3.83. The Balaban J connectivity index is 3.18. The van der Waals surface area contributed by atoms with Crippen LogP contribution in [0.25, 0.3) is 0 Å². The van der Waals surface area contributed by atoms with Crippen molar-refractivity contribution >= 4 is 39.1 Å². The van der Waals surface area contributed by atoms with Crippen LogP contribution < -0.4 is 10.0 Å². The van der Waals surface area contributed by atoms with Crippen molar-refractivity contribution in [3.63, 3.8) is 0 Å². The third-order valence-electron chi connectivity index (χ3n) is 3.17. The molecule has 0 radical (unpaired) electrons. The molecule has 1 rings (SSSR count). The molecule has 0 bridgehead atoms. The predicted molar refractivity (Wildman–Crippen MR) is 93.8 cm³/mol. The van der Waals surface area contributed by atoms with Gasteiger partial charge in [0.2, 0.25) is 10.0 Å². The summed E-state index contributed by atoms with van der Waals surface area (Å²) >= 11 is 12.0. The van der Waals surface area contributed by atoms with Crippen LogP contribution in [-0.4, -0.2) is 26.9 Å². The number of halogens is 2. The van der Waals surface area contributed by atoms with Crippen LogP contribution in [0, 0.1) is 0 Å². The first kappa shape index (κ1) is 20.2. The molecule has 0 aliphatic rings. The van der Waals surface area contributed by atoms with Gasteiger partial charge in [-0.25, -0.2) is 13.1 Å². The van der Waals surface area contributed by atoms with E-state index >= 15 is 0 Å². The Morgan fingerprint density at radius 1 is 1.17 bits per heavy atom. The van der Waals surface area contributed by atoms with Gasteiger partial charge in [0.15, 0.2) is 0 Å². The molecule has 1 amide bonds. The molecule has 0 unspecified atom stereocenters. The Kier molecular flexibility index (Phi) is 7.80. The quantitative estimate of drug-likeness (QED) is 0.723. The van der Waals surface area contributed by atoms with Crippen LogP contribution in [0.5, 0.6) is 0 Å². The molecule has 1 aromatic rings. The number of sulfonamides is 1. The highest BCUT2D eigenvalue weighted by molar-refractivity contribution is 7.89. The normalized spacial score (nSPS) is 12.9. The van der Waals surface area contributed by atoms with Gasteiger partial charge in [-0.15, -0.1) is 0 Å². The highest BCUT2D eigenvalue weighted by Gasteiger charge is 2.23. The zero-order valence-corrected chi connectivity index (χ0v) is 15.8. The second-order valence-electron chi connectivity index (χ2n) is 5.33. The monoisotopic (exact) mass is 380 g/mol. The maximum atomic E-state index is 12.5. The first-order valence-electron chi connectivity index (χ1n) is 7.52. The number of carbonyl (C=O) groups is 1. The molecule has 0 aliphatic heterocycles. The molecule has 23 heavy (non-hydrogen) atoms. The summed E-state index contributed by atoms with van der Waals surface area (Å²) in [7, 11) is -3.83. The Morgan fingerprint density at radius 2 is 1.83 bits per heavy atom. The van der Waals surface area contributed by atoms with Gasteiger partial charge >= 0.3 is 0 Å². The molecule has 1 atom stereocenters. The second-order valence-corrected chi connectivity index (χ2v) is 7.83. The number of amides is 1. The van der Waals surface area contributed by atoms with Crippen LogP contribution in [0.2, 0.25) is 10.0 Å². The van der Waals surface area contributed by atoms with Crippen LogP contribution in [0.1, 0.15) is 50.4 Å². The first-order chi connectivity index (χ1) is 10.7. The summed E-state index contributed by atoms with van der Waals surface area (Å²) < 4.78 is 27.5. The van der Waals surface area contributed by atoms with Gasteiger partial charge in [-0.3, -0.25) is 4.79 Å². The van der Waals surface area contributed by atoms with Gasteiger partial charge in [0, 0.05) is 12.6 Å². The lowest BCUT2D eigenvalue weighted by atomic mass is 10.2. The highest BCUT2D eigenvalue weighted by Crippen LogP contribution is 2.29. The summed E-state index contributed by atoms with van der Waals surface area (Å²) in [6, 6.07) is 2.27. The van der Waals surface area contributed by atoms with Crippen molar-refractivity contribution in [2.45, 2.75) is 51.0 Å². The number of hydrogen-bond acceptors (Lipinski definition) is 3. The van der Waals surface area contributed by atoms with Crippen molar-refractivity contribution in [3.05, 3.63) is 27.7 Å². The second kappa shape index (κ2) is 8.87. The molecule has 1 aromatic carbocycles. The minimum absolute atomic E-state index is 0.0155. The minimum Gasteiger partial charge on any atom is -0.352 e. The molecule has 0 saturated carbocycles. The Hall–Kier alpha value is -0.820. The van der Waals surface area contributed by atoms with E-state index < -0.39 is 15.9 Å². The van der Waals surface area contributed by atoms with Crippen LogP contribution in [-0.2, 0) is 10.0 Å². The van der Waals surface area contributed by atoms with E-state index in [1.165, 1.54) is 12.1 Å². The molecule has 0 aliphatic carbocycles. The Bertz CT molecular complexity index is 663. The Morgan fingerprint density at radius 3 is 2.39 bits per heavy atom. The number of nitrogens with one attached hydrogen (secondary N) is 2. The van der Waals surface area contributed by atoms with E-state index in [0.29, 0.717) is 13.0 Å². The molecule has 5 nitrogen and oxygen atoms in total. The smallest absolute Gasteiger partial charge is 0.252 e. The van der Waals surface area contributed by atoms with Crippen LogP contribution in [0.15, 0.2) is 17.0 Å². The van der Waals surface area contributed by atoms with E-state index in [9.17, 15) is 13.2 Å². The van der Waals surface area contributed by atoms with Crippen LogP contribution >= 0.6 is 23.2 Å². The maximum absolute atomic E-state index is 12.5. The van der Waals surface area contributed by atoms with Crippen molar-refractivity contribution in [2.24, 2.45) is 0 Å². The van der Waals surface area contributed by atoms with Crippen LogP contribution in [0.3, 0.4) is 0 Å². The van der Waals surface area contributed by atoms with Gasteiger partial charge in [-0.1, -0.05) is 43.5 Å². The standard InChI is InChI=1S/C15H22Cl2N2O3S/c1-4-6-10(3)19-23(21,22)14-8-11(12(16)9-13(14)17)15(20)18-7-5-2/h8-10,19H,4-7H2,1-3H3,(H,18,20)/t10-/m0/s1. The van der Waals surface area contributed by atoms with Crippen molar-refractivity contribution in [3.8, 4) is 0 Å². The third-order valence-corrected chi connectivity index (χ3v) is 5.54. The van der Waals surface area contributed by atoms with Gasteiger partial charge in [0.1, 0.15) is 4.90 Å². The largest absolute Gasteiger partial charge is 0.352 e. The van der Waals surface area contributed by atoms with Crippen molar-refractivity contribution in [1.29, 1.82) is 0 Å². The van der Waals surface area contributed by atoms with Gasteiger partial charge in [0.05, 0.1) is 15.6 Å². The molecule has 0 fully saturated rings. The lowest BCUT2D eigenvalue weighted by Crippen LogP contribution is -2.33. The van der Waals surface area contributed by atoms with Crippen LogP contribution in [0.4, 0.5) is 0 Å². The number of rotatable bonds is 8. The van der Waals surface area contributed by atoms with E-state index in [0.717, 1.165) is 12.8 Å². The molecule has 0 spiro atoms. The predicted octanol–water partition coefficient (Wildman–Crippen LogP) is 3.60. The van der Waals surface area contributed by atoms with E-state index in [1.54, 1.807) is 6.92 Å². The van der Waals surface area contributed by atoms with E-state index in [2.05, 4.69) is 10.0 Å². The average molecular weight is 381 g/mol. The molecule has 8 heteroatoms. The molecule has 0 saturated heterocycles.